The molecule has 6 heteroatoms. The molecular weight excluding hydrogens is 262 g/mol. The summed E-state index contributed by atoms with van der Waals surface area (Å²) in [7, 11) is 4.13. The number of halogens is 1. The molecule has 3 N–H and O–H groups in total. The lowest BCUT2D eigenvalue weighted by molar-refractivity contribution is 0.371. The molecule has 0 aliphatic carbocycles. The van der Waals surface area contributed by atoms with Crippen molar-refractivity contribution in [1.82, 2.24) is 9.88 Å². The highest BCUT2D eigenvalue weighted by Crippen LogP contribution is 2.32. The van der Waals surface area contributed by atoms with Gasteiger partial charge in [-0.3, -0.25) is 5.41 Å². The van der Waals surface area contributed by atoms with Crippen LogP contribution in [0.1, 0.15) is 18.4 Å². The number of hydrogen-bond donors (Lipinski definition) is 2. The Balaban J connectivity index is 2.30. The predicted molar refractivity (Wildman–Crippen MR) is 79.2 cm³/mol. The van der Waals surface area contributed by atoms with Crippen molar-refractivity contribution in [3.05, 3.63) is 22.8 Å². The van der Waals surface area contributed by atoms with Crippen LogP contribution in [0.2, 0.25) is 5.02 Å². The molecule has 0 bridgehead atoms. The van der Waals surface area contributed by atoms with E-state index < -0.39 is 0 Å². The van der Waals surface area contributed by atoms with E-state index in [4.69, 9.17) is 22.7 Å². The second-order valence-corrected chi connectivity index (χ2v) is 5.54. The third-order valence-corrected chi connectivity index (χ3v) is 3.76. The predicted octanol–water partition coefficient (Wildman–Crippen LogP) is 1.55. The van der Waals surface area contributed by atoms with E-state index >= 15 is 0 Å². The van der Waals surface area contributed by atoms with E-state index in [0.717, 1.165) is 31.7 Å². The summed E-state index contributed by atoms with van der Waals surface area (Å²) >= 11 is 6.35. The van der Waals surface area contributed by atoms with Gasteiger partial charge in [0.25, 0.3) is 0 Å². The van der Waals surface area contributed by atoms with Gasteiger partial charge in [0.1, 0.15) is 11.7 Å². The lowest BCUT2D eigenvalue weighted by atomic mass is 10.2. The minimum Gasteiger partial charge on any atom is -0.384 e. The number of likely N-dealkylation sites (N-methyl/N-ethyl adjacent to an activating group) is 1. The number of aromatic nitrogens is 1. The highest BCUT2D eigenvalue weighted by atomic mass is 35.5. The van der Waals surface area contributed by atoms with Crippen molar-refractivity contribution in [3.63, 3.8) is 0 Å². The molecule has 1 aliphatic heterocycles. The molecule has 0 aromatic carbocycles. The second-order valence-electron chi connectivity index (χ2n) is 5.16. The van der Waals surface area contributed by atoms with Crippen LogP contribution in [0.15, 0.2) is 12.3 Å². The summed E-state index contributed by atoms with van der Waals surface area (Å²) in [6.07, 6.45) is 3.95. The van der Waals surface area contributed by atoms with Gasteiger partial charge in [-0.15, -0.1) is 0 Å². The summed E-state index contributed by atoms with van der Waals surface area (Å²) in [6.45, 7) is 1.93. The van der Waals surface area contributed by atoms with Crippen molar-refractivity contribution in [2.75, 3.05) is 32.1 Å². The van der Waals surface area contributed by atoms with Crippen LogP contribution in [0.3, 0.4) is 0 Å². The molecule has 104 valence electrons. The maximum absolute atomic E-state index is 7.55. The number of rotatable bonds is 4. The number of nitrogens with zero attached hydrogens (tertiary/aromatic N) is 3. The number of amidine groups is 1. The average Bonchev–Trinajstić information content (AvgIpc) is 2.76. The second kappa shape index (κ2) is 5.75. The fraction of sp³-hybridized carbons (Fsp3) is 0.538. The Kier molecular flexibility index (Phi) is 4.27. The zero-order valence-corrected chi connectivity index (χ0v) is 12.1. The van der Waals surface area contributed by atoms with Crippen LogP contribution in [-0.4, -0.2) is 48.9 Å². The Morgan fingerprint density at radius 1 is 1.63 bits per heavy atom. The Bertz CT molecular complexity index is 474. The molecule has 2 heterocycles. The van der Waals surface area contributed by atoms with Crippen LogP contribution in [0, 0.1) is 5.41 Å². The average molecular weight is 282 g/mol. The number of nitrogen functional groups attached to an aromatic ring is 1. The van der Waals surface area contributed by atoms with Gasteiger partial charge in [0.2, 0.25) is 0 Å². The Hall–Kier alpha value is -1.33. The molecule has 1 aliphatic rings. The van der Waals surface area contributed by atoms with Gasteiger partial charge in [-0.25, -0.2) is 4.98 Å². The molecule has 0 saturated carbocycles. The first kappa shape index (κ1) is 14.1. The van der Waals surface area contributed by atoms with Gasteiger partial charge in [0, 0.05) is 30.9 Å². The summed E-state index contributed by atoms with van der Waals surface area (Å²) in [5, 5.41) is 8.03. The van der Waals surface area contributed by atoms with Crippen molar-refractivity contribution in [2.45, 2.75) is 18.9 Å². The Labute approximate surface area is 118 Å². The molecule has 19 heavy (non-hydrogen) atoms. The van der Waals surface area contributed by atoms with Crippen LogP contribution in [0.25, 0.3) is 0 Å². The van der Waals surface area contributed by atoms with E-state index in [1.807, 2.05) is 0 Å². The van der Waals surface area contributed by atoms with Gasteiger partial charge in [-0.1, -0.05) is 11.6 Å². The highest BCUT2D eigenvalue weighted by molar-refractivity contribution is 6.36. The lowest BCUT2D eigenvalue weighted by Crippen LogP contribution is -2.38. The quantitative estimate of drug-likeness (QED) is 0.649. The molecule has 1 saturated heterocycles. The van der Waals surface area contributed by atoms with E-state index in [9.17, 15) is 0 Å². The van der Waals surface area contributed by atoms with Gasteiger partial charge in [0.15, 0.2) is 0 Å². The first-order valence-electron chi connectivity index (χ1n) is 6.41. The number of anilines is 1. The molecule has 0 spiro atoms. The topological polar surface area (TPSA) is 69.2 Å². The molecule has 0 radical (unpaired) electrons. The number of nitrogens with two attached hydrogens (primary N) is 1. The Morgan fingerprint density at radius 3 is 3.00 bits per heavy atom. The maximum atomic E-state index is 7.55. The summed E-state index contributed by atoms with van der Waals surface area (Å²) in [5.74, 6) is 0.732. The summed E-state index contributed by atoms with van der Waals surface area (Å²) in [6, 6.07) is 2.10. The summed E-state index contributed by atoms with van der Waals surface area (Å²) in [5.41, 5.74) is 6.10. The van der Waals surface area contributed by atoms with Crippen LogP contribution in [0.4, 0.5) is 5.82 Å². The SMILES string of the molecule is CN(C)CC1CCCN1c1nccc(C(=N)N)c1Cl. The van der Waals surface area contributed by atoms with Gasteiger partial charge in [-0.2, -0.15) is 0 Å². The molecule has 0 amide bonds. The number of pyridine rings is 1. The standard InChI is InChI=1S/C13H20ClN5/c1-18(2)8-9-4-3-7-19(9)13-11(14)10(12(15)16)5-6-17-13/h5-6,9H,3-4,7-8H2,1-2H3,(H3,15,16). The first-order valence-corrected chi connectivity index (χ1v) is 6.78. The third-order valence-electron chi connectivity index (χ3n) is 3.39. The largest absolute Gasteiger partial charge is 0.384 e. The van der Waals surface area contributed by atoms with Crippen molar-refractivity contribution < 1.29 is 0 Å². The zero-order valence-electron chi connectivity index (χ0n) is 11.4. The molecule has 1 aromatic rings. The normalized spacial score (nSPS) is 19.2. The summed E-state index contributed by atoms with van der Waals surface area (Å²) in [4.78, 5) is 8.79. The zero-order chi connectivity index (χ0) is 14.0. The first-order chi connectivity index (χ1) is 9.00. The van der Waals surface area contributed by atoms with Crippen molar-refractivity contribution in [1.29, 1.82) is 5.41 Å². The molecule has 1 fully saturated rings. The maximum Gasteiger partial charge on any atom is 0.148 e. The van der Waals surface area contributed by atoms with Crippen molar-refractivity contribution in [3.8, 4) is 0 Å². The van der Waals surface area contributed by atoms with E-state index in [-0.39, 0.29) is 5.84 Å². The molecular formula is C13H20ClN5. The van der Waals surface area contributed by atoms with Crippen molar-refractivity contribution >= 4 is 23.3 Å². The molecule has 1 aromatic heterocycles. The van der Waals surface area contributed by atoms with Crippen LogP contribution in [-0.2, 0) is 0 Å². The van der Waals surface area contributed by atoms with Crippen LogP contribution < -0.4 is 10.6 Å². The fourth-order valence-electron chi connectivity index (χ4n) is 2.57. The fourth-order valence-corrected chi connectivity index (χ4v) is 2.89. The van der Waals surface area contributed by atoms with Gasteiger partial charge < -0.3 is 15.5 Å². The third kappa shape index (κ3) is 2.98. The minimum absolute atomic E-state index is 0.0167. The van der Waals surface area contributed by atoms with Gasteiger partial charge in [0.05, 0.1) is 5.02 Å². The number of hydrogen-bond acceptors (Lipinski definition) is 4. The van der Waals surface area contributed by atoms with Crippen LogP contribution in [0.5, 0.6) is 0 Å². The Morgan fingerprint density at radius 2 is 2.37 bits per heavy atom. The molecule has 1 atom stereocenters. The molecule has 2 rings (SSSR count). The van der Waals surface area contributed by atoms with E-state index in [1.165, 1.54) is 0 Å². The molecule has 1 unspecified atom stereocenters. The van der Waals surface area contributed by atoms with E-state index in [1.54, 1.807) is 12.3 Å². The minimum atomic E-state index is -0.0167. The van der Waals surface area contributed by atoms with Crippen LogP contribution >= 0.6 is 11.6 Å². The molecule has 5 nitrogen and oxygen atoms in total. The van der Waals surface area contributed by atoms with E-state index in [2.05, 4.69) is 28.9 Å². The smallest absolute Gasteiger partial charge is 0.148 e. The van der Waals surface area contributed by atoms with E-state index in [0.29, 0.717) is 16.6 Å². The van der Waals surface area contributed by atoms with Crippen molar-refractivity contribution in [2.24, 2.45) is 5.73 Å². The summed E-state index contributed by atoms with van der Waals surface area (Å²) < 4.78 is 0. The highest BCUT2D eigenvalue weighted by Gasteiger charge is 2.28. The number of nitrogens with one attached hydrogen (secondary N) is 1. The van der Waals surface area contributed by atoms with Gasteiger partial charge >= 0.3 is 0 Å². The monoisotopic (exact) mass is 281 g/mol. The lowest BCUT2D eigenvalue weighted by Gasteiger charge is -2.29. The van der Waals surface area contributed by atoms with Gasteiger partial charge in [-0.05, 0) is 33.0 Å².